The molecule has 74 valence electrons. The monoisotopic (exact) mass is 190 g/mol. The molecule has 0 radical (unpaired) electrons. The molecule has 0 aliphatic rings. The molecule has 1 rings (SSSR count). The van der Waals surface area contributed by atoms with Crippen LogP contribution in [0.2, 0.25) is 0 Å². The summed E-state index contributed by atoms with van der Waals surface area (Å²) in [7, 11) is 0. The highest BCUT2D eigenvalue weighted by molar-refractivity contribution is 5.37. The highest BCUT2D eigenvalue weighted by Crippen LogP contribution is 1.72. The van der Waals surface area contributed by atoms with Gasteiger partial charge in [0.15, 0.2) is 0 Å². The van der Waals surface area contributed by atoms with Crippen LogP contribution >= 0.6 is 0 Å². The minimum absolute atomic E-state index is 0.0926. The summed E-state index contributed by atoms with van der Waals surface area (Å²) in [5.41, 5.74) is 5.50. The van der Waals surface area contributed by atoms with Crippen LogP contribution in [0.3, 0.4) is 0 Å². The third kappa shape index (κ3) is 2.71. The second kappa shape index (κ2) is 4.58. The molecule has 1 aromatic heterocycles. The minimum Gasteiger partial charge on any atom is -0.325 e. The Labute approximate surface area is 82.3 Å². The molecule has 0 fully saturated rings. The standard InChI is InChI=1S/C11H14N2O/c1-3-4-9-5-6-11(14)13-10(9)7-8(2)12/h3-8H,1,12H2,2H3,(H,13,14)/b9-4-,10-7+. The number of aromatic amines is 1. The van der Waals surface area contributed by atoms with Crippen LogP contribution in [-0.2, 0) is 0 Å². The first-order valence-electron chi connectivity index (χ1n) is 4.43. The predicted octanol–water partition coefficient (Wildman–Crippen LogP) is -0.531. The number of allylic oxidation sites excluding steroid dienone is 1. The molecule has 0 aromatic carbocycles. The van der Waals surface area contributed by atoms with Crippen molar-refractivity contribution in [1.82, 2.24) is 4.98 Å². The lowest BCUT2D eigenvalue weighted by molar-refractivity contribution is 0.960. The van der Waals surface area contributed by atoms with Crippen LogP contribution in [0.5, 0.6) is 0 Å². The quantitative estimate of drug-likeness (QED) is 0.658. The van der Waals surface area contributed by atoms with Crippen molar-refractivity contribution in [3.8, 4) is 0 Å². The summed E-state index contributed by atoms with van der Waals surface area (Å²) < 4.78 is 0. The topological polar surface area (TPSA) is 58.9 Å². The van der Waals surface area contributed by atoms with Crippen LogP contribution in [0.25, 0.3) is 12.2 Å². The highest BCUT2D eigenvalue weighted by Gasteiger charge is 1.89. The molecule has 3 N–H and O–H groups in total. The summed E-state index contributed by atoms with van der Waals surface area (Å²) in [5, 5.41) is 1.66. The van der Waals surface area contributed by atoms with Gasteiger partial charge in [0.25, 0.3) is 0 Å². The third-order valence-corrected chi connectivity index (χ3v) is 1.71. The van der Waals surface area contributed by atoms with Gasteiger partial charge in [0.05, 0.1) is 0 Å². The van der Waals surface area contributed by atoms with Gasteiger partial charge in [-0.1, -0.05) is 18.7 Å². The van der Waals surface area contributed by atoms with Crippen molar-refractivity contribution in [1.29, 1.82) is 0 Å². The van der Waals surface area contributed by atoms with E-state index < -0.39 is 0 Å². The minimum atomic E-state index is -0.127. The number of hydrogen-bond acceptors (Lipinski definition) is 2. The van der Waals surface area contributed by atoms with Gasteiger partial charge in [-0.25, -0.2) is 0 Å². The fourth-order valence-electron chi connectivity index (χ4n) is 1.17. The molecule has 1 atom stereocenters. The second-order valence-electron chi connectivity index (χ2n) is 3.12. The van der Waals surface area contributed by atoms with Crippen molar-refractivity contribution in [2.24, 2.45) is 5.73 Å². The summed E-state index contributed by atoms with van der Waals surface area (Å²) in [5.74, 6) is 0. The molecule has 0 spiro atoms. The van der Waals surface area contributed by atoms with E-state index in [0.29, 0.717) is 0 Å². The molecular weight excluding hydrogens is 176 g/mol. The Morgan fingerprint density at radius 3 is 2.86 bits per heavy atom. The molecule has 0 amide bonds. The average molecular weight is 190 g/mol. The molecule has 3 heteroatoms. The number of rotatable bonds is 2. The van der Waals surface area contributed by atoms with Crippen LogP contribution in [-0.4, -0.2) is 11.0 Å². The molecule has 1 aromatic rings. The van der Waals surface area contributed by atoms with E-state index in [0.717, 1.165) is 10.6 Å². The van der Waals surface area contributed by atoms with Crippen LogP contribution in [0, 0.1) is 0 Å². The summed E-state index contributed by atoms with van der Waals surface area (Å²) in [4.78, 5) is 13.8. The van der Waals surface area contributed by atoms with Crippen molar-refractivity contribution < 1.29 is 0 Å². The molecule has 0 saturated heterocycles. The molecule has 0 aliphatic carbocycles. The van der Waals surface area contributed by atoms with Gasteiger partial charge in [0, 0.05) is 17.5 Å². The van der Waals surface area contributed by atoms with Gasteiger partial charge in [-0.2, -0.15) is 0 Å². The molecule has 3 nitrogen and oxygen atoms in total. The van der Waals surface area contributed by atoms with Crippen molar-refractivity contribution in [3.63, 3.8) is 0 Å². The van der Waals surface area contributed by atoms with Gasteiger partial charge in [0.1, 0.15) is 0 Å². The lowest BCUT2D eigenvalue weighted by Crippen LogP contribution is -2.35. The fourth-order valence-corrected chi connectivity index (χ4v) is 1.17. The molecule has 0 bridgehead atoms. The molecule has 0 aliphatic heterocycles. The van der Waals surface area contributed by atoms with E-state index in [-0.39, 0.29) is 11.6 Å². The fraction of sp³-hybridized carbons (Fsp3) is 0.182. The Morgan fingerprint density at radius 2 is 2.29 bits per heavy atom. The van der Waals surface area contributed by atoms with Crippen molar-refractivity contribution >= 4 is 12.2 Å². The molecule has 1 heterocycles. The Bertz CT molecular complexity index is 483. The smallest absolute Gasteiger partial charge is 0.248 e. The van der Waals surface area contributed by atoms with E-state index in [1.54, 1.807) is 18.2 Å². The molecule has 14 heavy (non-hydrogen) atoms. The number of hydrogen-bond donors (Lipinski definition) is 2. The average Bonchev–Trinajstić information content (AvgIpc) is 2.09. The van der Waals surface area contributed by atoms with E-state index in [9.17, 15) is 4.79 Å². The van der Waals surface area contributed by atoms with Gasteiger partial charge in [-0.05, 0) is 24.3 Å². The maximum absolute atomic E-state index is 11.1. The van der Waals surface area contributed by atoms with Gasteiger partial charge < -0.3 is 10.7 Å². The second-order valence-corrected chi connectivity index (χ2v) is 3.12. The van der Waals surface area contributed by atoms with Gasteiger partial charge >= 0.3 is 0 Å². The zero-order chi connectivity index (χ0) is 10.6. The zero-order valence-corrected chi connectivity index (χ0v) is 8.16. The number of H-pyrrole nitrogens is 1. The van der Waals surface area contributed by atoms with Crippen molar-refractivity contribution in [3.05, 3.63) is 45.7 Å². The Kier molecular flexibility index (Phi) is 3.42. The first-order valence-corrected chi connectivity index (χ1v) is 4.43. The largest absolute Gasteiger partial charge is 0.325 e. The van der Waals surface area contributed by atoms with E-state index in [2.05, 4.69) is 11.6 Å². The molecular formula is C11H14N2O. The van der Waals surface area contributed by atoms with Crippen LogP contribution in [0.15, 0.2) is 29.6 Å². The maximum atomic E-state index is 11.1. The van der Waals surface area contributed by atoms with Gasteiger partial charge in [0.2, 0.25) is 5.56 Å². The van der Waals surface area contributed by atoms with Crippen LogP contribution in [0.4, 0.5) is 0 Å². The number of pyridine rings is 1. The normalized spacial score (nSPS) is 15.6. The number of aromatic nitrogens is 1. The van der Waals surface area contributed by atoms with Crippen molar-refractivity contribution in [2.45, 2.75) is 13.0 Å². The Morgan fingerprint density at radius 1 is 1.57 bits per heavy atom. The van der Waals surface area contributed by atoms with E-state index in [1.807, 2.05) is 13.0 Å². The zero-order valence-electron chi connectivity index (χ0n) is 8.16. The predicted molar refractivity (Wildman–Crippen MR) is 59.1 cm³/mol. The number of nitrogens with one attached hydrogen (secondary N) is 1. The van der Waals surface area contributed by atoms with Crippen LogP contribution in [0.1, 0.15) is 6.92 Å². The van der Waals surface area contributed by atoms with E-state index in [4.69, 9.17) is 5.73 Å². The summed E-state index contributed by atoms with van der Waals surface area (Å²) >= 11 is 0. The van der Waals surface area contributed by atoms with E-state index in [1.165, 1.54) is 6.07 Å². The van der Waals surface area contributed by atoms with Crippen LogP contribution < -0.4 is 21.9 Å². The Hall–Kier alpha value is -1.61. The third-order valence-electron chi connectivity index (χ3n) is 1.71. The maximum Gasteiger partial charge on any atom is 0.248 e. The first kappa shape index (κ1) is 10.5. The number of nitrogens with two attached hydrogens (primary N) is 1. The van der Waals surface area contributed by atoms with Crippen molar-refractivity contribution in [2.75, 3.05) is 0 Å². The highest BCUT2D eigenvalue weighted by atomic mass is 16.1. The van der Waals surface area contributed by atoms with Gasteiger partial charge in [-0.3, -0.25) is 4.79 Å². The SMILES string of the molecule is C=C/C=c1/ccc(=O)[nH]/c1=C/C(C)N. The summed E-state index contributed by atoms with van der Waals surface area (Å²) in [6.07, 6.45) is 5.30. The summed E-state index contributed by atoms with van der Waals surface area (Å²) in [6, 6.07) is 3.13. The Balaban J connectivity index is 3.53. The molecule has 0 saturated carbocycles. The first-order chi connectivity index (χ1) is 6.63. The van der Waals surface area contributed by atoms with E-state index >= 15 is 0 Å². The lowest BCUT2D eigenvalue weighted by Gasteiger charge is -1.95. The van der Waals surface area contributed by atoms with Gasteiger partial charge in [-0.15, -0.1) is 0 Å². The lowest BCUT2D eigenvalue weighted by atomic mass is 10.2. The summed E-state index contributed by atoms with van der Waals surface area (Å²) in [6.45, 7) is 5.46. The molecule has 1 unspecified atom stereocenters.